The molecule has 0 fully saturated rings. The number of nitrogens with two attached hydrogens (primary N) is 1. The number of benzene rings is 3. The molecule has 0 saturated carbocycles. The average molecular weight is 583 g/mol. The van der Waals surface area contributed by atoms with Crippen LogP contribution in [-0.2, 0) is 0 Å². The van der Waals surface area contributed by atoms with Crippen LogP contribution in [0.3, 0.4) is 0 Å². The summed E-state index contributed by atoms with van der Waals surface area (Å²) < 4.78 is 1.85. The summed E-state index contributed by atoms with van der Waals surface area (Å²) in [7, 11) is 0. The zero-order valence-corrected chi connectivity index (χ0v) is 23.5. The molecule has 2 aromatic heterocycles. The van der Waals surface area contributed by atoms with E-state index in [1.165, 1.54) is 11.3 Å². The summed E-state index contributed by atoms with van der Waals surface area (Å²) in [6.45, 7) is 1.91. The number of hydrogen-bond donors (Lipinski definition) is 5. The van der Waals surface area contributed by atoms with Crippen LogP contribution >= 0.6 is 23.6 Å². The number of thiocarbonyl (C=S) groups is 1. The van der Waals surface area contributed by atoms with Crippen LogP contribution in [0, 0.1) is 12.1 Å². The number of thiazole rings is 1. The lowest BCUT2D eigenvalue weighted by molar-refractivity contribution is -0.991. The van der Waals surface area contributed by atoms with Gasteiger partial charge in [0.2, 0.25) is 10.2 Å². The van der Waals surface area contributed by atoms with Gasteiger partial charge >= 0.3 is 0 Å². The van der Waals surface area contributed by atoms with E-state index in [9.17, 15) is 10.4 Å². The van der Waals surface area contributed by atoms with Gasteiger partial charge in [-0.15, -0.1) is 0 Å². The van der Waals surface area contributed by atoms with Crippen LogP contribution in [0.1, 0.15) is 16.1 Å². The molecule has 0 aliphatic carbocycles. The van der Waals surface area contributed by atoms with Crippen LogP contribution in [0.2, 0.25) is 0 Å². The standard InChI is InChI=1S/C29H26N8O2S2/c1-19-27(24(33-34-28(40)32-30)17-14-20-12-15-23(16-13-20)37(38)39)41-29(31-19)36-26(22-10-6-3-7-11-22)18-25(35-36)21-8-4-2-5-9-21/h2-18,37-38H,30H2,1H3,(H2,32,34,40)/b17-14-,33-24-. The first-order valence-electron chi connectivity index (χ1n) is 12.5. The van der Waals surface area contributed by atoms with E-state index in [0.29, 0.717) is 10.8 Å². The Morgan fingerprint density at radius 3 is 2.34 bits per heavy atom. The van der Waals surface area contributed by atoms with Crippen molar-refractivity contribution < 1.29 is 10.4 Å². The highest BCUT2D eigenvalue weighted by Crippen LogP contribution is 2.31. The quantitative estimate of drug-likeness (QED) is 0.0796. The van der Waals surface area contributed by atoms with Crippen molar-refractivity contribution in [2.45, 2.75) is 6.92 Å². The molecule has 2 heterocycles. The van der Waals surface area contributed by atoms with Crippen molar-refractivity contribution in [2.75, 3.05) is 0 Å². The van der Waals surface area contributed by atoms with Crippen molar-refractivity contribution in [2.24, 2.45) is 10.9 Å². The van der Waals surface area contributed by atoms with Gasteiger partial charge in [0.25, 0.3) is 0 Å². The van der Waals surface area contributed by atoms with Crippen LogP contribution in [0.25, 0.3) is 33.7 Å². The molecule has 0 amide bonds. The molecule has 10 nitrogen and oxygen atoms in total. The van der Waals surface area contributed by atoms with Crippen molar-refractivity contribution in [3.05, 3.63) is 118 Å². The highest BCUT2D eigenvalue weighted by atomic mass is 32.1. The second-order valence-electron chi connectivity index (χ2n) is 8.81. The van der Waals surface area contributed by atoms with Gasteiger partial charge in [0, 0.05) is 23.3 Å². The monoisotopic (exact) mass is 582 g/mol. The van der Waals surface area contributed by atoms with Crippen molar-refractivity contribution in [3.63, 3.8) is 0 Å². The molecule has 12 heteroatoms. The fraction of sp³-hybridized carbons (Fsp3) is 0.0345. The summed E-state index contributed by atoms with van der Waals surface area (Å²) in [5.41, 5.74) is 11.2. The van der Waals surface area contributed by atoms with E-state index < -0.39 is 5.23 Å². The maximum atomic E-state index is 11.2. The predicted molar refractivity (Wildman–Crippen MR) is 166 cm³/mol. The molecule has 6 N–H and O–H groups in total. The highest BCUT2D eigenvalue weighted by molar-refractivity contribution is 7.80. The third-order valence-corrected chi connectivity index (χ3v) is 7.41. The fourth-order valence-electron chi connectivity index (χ4n) is 4.02. The number of rotatable bonds is 8. The molecular weight excluding hydrogens is 557 g/mol. The van der Waals surface area contributed by atoms with Gasteiger partial charge < -0.3 is 5.21 Å². The van der Waals surface area contributed by atoms with E-state index in [1.54, 1.807) is 24.3 Å². The Bertz CT molecular complexity index is 1700. The van der Waals surface area contributed by atoms with Crippen molar-refractivity contribution in [1.29, 1.82) is 0 Å². The minimum Gasteiger partial charge on any atom is -0.595 e. The largest absolute Gasteiger partial charge is 0.595 e. The average Bonchev–Trinajstić information content (AvgIpc) is 3.62. The molecule has 0 aliphatic rings. The van der Waals surface area contributed by atoms with Gasteiger partial charge in [0.05, 0.1) is 22.0 Å². The molecule has 206 valence electrons. The highest BCUT2D eigenvalue weighted by Gasteiger charge is 2.19. The summed E-state index contributed by atoms with van der Waals surface area (Å²) in [4.78, 5) is 5.66. The van der Waals surface area contributed by atoms with E-state index in [2.05, 4.69) is 22.0 Å². The molecular formula is C29H26N8O2S2. The van der Waals surface area contributed by atoms with E-state index in [-0.39, 0.29) is 10.8 Å². The number of nitrogens with one attached hydrogen (secondary N) is 3. The second-order valence-corrected chi connectivity index (χ2v) is 10.2. The fourth-order valence-corrected chi connectivity index (χ4v) is 5.07. The smallest absolute Gasteiger partial charge is 0.211 e. The molecule has 41 heavy (non-hydrogen) atoms. The molecule has 5 rings (SSSR count). The summed E-state index contributed by atoms with van der Waals surface area (Å²) in [6.07, 6.45) is 3.64. The molecule has 0 saturated heterocycles. The number of aryl methyl sites for hydroxylation is 1. The number of hydrogen-bond acceptors (Lipinski definition) is 8. The Hall–Kier alpha value is -4.56. The van der Waals surface area contributed by atoms with Gasteiger partial charge in [-0.05, 0) is 49.0 Å². The van der Waals surface area contributed by atoms with E-state index in [1.807, 2.05) is 84.4 Å². The zero-order valence-electron chi connectivity index (χ0n) is 21.9. The van der Waals surface area contributed by atoms with Crippen LogP contribution in [0.15, 0.2) is 102 Å². The molecule has 1 atom stereocenters. The summed E-state index contributed by atoms with van der Waals surface area (Å²) in [6, 6.07) is 28.7. The van der Waals surface area contributed by atoms with Gasteiger partial charge in [-0.1, -0.05) is 78.1 Å². The molecule has 3 aromatic carbocycles. The first-order valence-corrected chi connectivity index (χ1v) is 13.7. The summed E-state index contributed by atoms with van der Waals surface area (Å²) in [5.74, 6) is 5.42. The number of nitrogens with zero attached hydrogens (tertiary/aromatic N) is 4. The lowest BCUT2D eigenvalue weighted by Gasteiger charge is -2.10. The molecule has 0 aliphatic heterocycles. The Labute approximate surface area is 245 Å². The number of aromatic nitrogens is 3. The molecule has 1 unspecified atom stereocenters. The molecule has 5 aromatic rings. The number of hydrazine groups is 1. The lowest BCUT2D eigenvalue weighted by atomic mass is 10.1. The molecule has 0 radical (unpaired) electrons. The SMILES string of the molecule is Cc1nc(-n2nc(-c3ccccc3)cc2-c2ccccc2)sc1C(/C=C\c1ccc([NH+]([O-])O)cc1)=N\NC(=S)NN. The maximum Gasteiger partial charge on any atom is 0.211 e. The van der Waals surface area contributed by atoms with Crippen molar-refractivity contribution in [1.82, 2.24) is 25.6 Å². The van der Waals surface area contributed by atoms with Crippen molar-refractivity contribution in [3.8, 4) is 27.6 Å². The number of hydrazone groups is 1. The first-order chi connectivity index (χ1) is 19.9. The Kier molecular flexibility index (Phi) is 8.70. The lowest BCUT2D eigenvalue weighted by Crippen LogP contribution is -2.99. The third-order valence-electron chi connectivity index (χ3n) is 6.05. The first kappa shape index (κ1) is 28.0. The summed E-state index contributed by atoms with van der Waals surface area (Å²) in [5, 5.41) is 29.6. The van der Waals surface area contributed by atoms with Gasteiger partial charge in [-0.3, -0.25) is 10.9 Å². The molecule has 0 spiro atoms. The number of quaternary nitrogens is 1. The van der Waals surface area contributed by atoms with E-state index in [0.717, 1.165) is 38.6 Å². The topological polar surface area (TPSA) is 141 Å². The van der Waals surface area contributed by atoms with Crippen LogP contribution < -0.4 is 21.9 Å². The van der Waals surface area contributed by atoms with Crippen LogP contribution in [0.5, 0.6) is 0 Å². The third kappa shape index (κ3) is 6.61. The second kappa shape index (κ2) is 12.7. The summed E-state index contributed by atoms with van der Waals surface area (Å²) >= 11 is 6.55. The van der Waals surface area contributed by atoms with Gasteiger partial charge in [-0.2, -0.15) is 15.4 Å². The predicted octanol–water partition coefficient (Wildman–Crippen LogP) is 4.13. The van der Waals surface area contributed by atoms with E-state index in [4.69, 9.17) is 28.1 Å². The van der Waals surface area contributed by atoms with Gasteiger partial charge in [-0.25, -0.2) is 20.7 Å². The minimum atomic E-state index is -0.980. The van der Waals surface area contributed by atoms with Gasteiger partial charge in [0.1, 0.15) is 5.71 Å². The van der Waals surface area contributed by atoms with Crippen LogP contribution in [0.4, 0.5) is 5.69 Å². The van der Waals surface area contributed by atoms with E-state index >= 15 is 0 Å². The number of allylic oxidation sites excluding steroid dienone is 1. The van der Waals surface area contributed by atoms with Crippen LogP contribution in [-0.4, -0.2) is 30.8 Å². The maximum absolute atomic E-state index is 11.2. The minimum absolute atomic E-state index is 0.148. The zero-order chi connectivity index (χ0) is 28.8. The Morgan fingerprint density at radius 2 is 1.71 bits per heavy atom. The van der Waals surface area contributed by atoms with Crippen molar-refractivity contribution >= 4 is 46.1 Å². The molecule has 0 bridgehead atoms. The Morgan fingerprint density at radius 1 is 1.05 bits per heavy atom. The normalized spacial score (nSPS) is 12.4. The van der Waals surface area contributed by atoms with Gasteiger partial charge in [0.15, 0.2) is 5.69 Å². The Balaban J connectivity index is 1.56.